The van der Waals surface area contributed by atoms with E-state index in [-0.39, 0.29) is 0 Å². The zero-order chi connectivity index (χ0) is 8.81. The van der Waals surface area contributed by atoms with Gasteiger partial charge in [-0.3, -0.25) is 0 Å². The van der Waals surface area contributed by atoms with Crippen LogP contribution in [-0.2, 0) is 11.3 Å². The fourth-order valence-corrected chi connectivity index (χ4v) is 1.17. The van der Waals surface area contributed by atoms with Gasteiger partial charge in [0.1, 0.15) is 0 Å². The average molecular weight is 276 g/mol. The van der Waals surface area contributed by atoms with E-state index in [2.05, 4.69) is 41.6 Å². The molecule has 12 heavy (non-hydrogen) atoms. The van der Waals surface area contributed by atoms with E-state index in [4.69, 9.17) is 4.74 Å². The number of halogens is 1. The fourth-order valence-electron chi connectivity index (χ4n) is 0.913. The molecule has 0 saturated carbocycles. The molecule has 0 aliphatic carbocycles. The summed E-state index contributed by atoms with van der Waals surface area (Å²) in [5.41, 5.74) is 1.24. The molecule has 0 aliphatic heterocycles. The van der Waals surface area contributed by atoms with Gasteiger partial charge in [-0.15, -0.1) is 0 Å². The maximum Gasteiger partial charge on any atom is 0.0717 e. The van der Waals surface area contributed by atoms with E-state index in [0.717, 1.165) is 13.2 Å². The van der Waals surface area contributed by atoms with Gasteiger partial charge in [-0.1, -0.05) is 59.8 Å². The Hall–Kier alpha value is -0.0900. The first kappa shape index (κ1) is 9.99. The largest absolute Gasteiger partial charge is 0.376 e. The maximum absolute atomic E-state index is 5.47. The van der Waals surface area contributed by atoms with Crippen LogP contribution in [0.5, 0.6) is 0 Å². The smallest absolute Gasteiger partial charge is 0.0717 e. The Labute approximate surface area is 87.3 Å². The molecule has 1 aromatic rings. The summed E-state index contributed by atoms with van der Waals surface area (Å²) < 4.78 is 6.06. The molecule has 0 aliphatic rings. The molecule has 0 bridgehead atoms. The Morgan fingerprint density at radius 1 is 1.33 bits per heavy atom. The topological polar surface area (TPSA) is 9.23 Å². The van der Waals surface area contributed by atoms with Gasteiger partial charge in [0.05, 0.1) is 13.2 Å². The van der Waals surface area contributed by atoms with Crippen LogP contribution in [0.1, 0.15) is 12.5 Å². The molecule has 1 nitrogen and oxygen atoms in total. The van der Waals surface area contributed by atoms with Crippen molar-refractivity contribution in [1.82, 2.24) is 0 Å². The molecular weight excluding hydrogens is 263 g/mol. The van der Waals surface area contributed by atoms with Gasteiger partial charge in [-0.05, 0) is 5.56 Å². The normalized spacial score (nSPS) is 12.8. The van der Waals surface area contributed by atoms with Crippen LogP contribution in [0.25, 0.3) is 0 Å². The van der Waals surface area contributed by atoms with E-state index < -0.39 is 0 Å². The first-order valence-electron chi connectivity index (χ1n) is 4.05. The quantitative estimate of drug-likeness (QED) is 0.606. The molecule has 1 atom stereocenters. The monoisotopic (exact) mass is 276 g/mol. The Morgan fingerprint density at radius 2 is 2.00 bits per heavy atom. The number of rotatable bonds is 4. The van der Waals surface area contributed by atoms with Crippen molar-refractivity contribution >= 4 is 22.6 Å². The van der Waals surface area contributed by atoms with Crippen molar-refractivity contribution in [3.05, 3.63) is 35.9 Å². The Bertz CT molecular complexity index is 208. The third-order valence-electron chi connectivity index (χ3n) is 1.46. The molecule has 1 aromatic carbocycles. The van der Waals surface area contributed by atoms with Gasteiger partial charge >= 0.3 is 0 Å². The predicted molar refractivity (Wildman–Crippen MR) is 59.6 cm³/mol. The first-order valence-corrected chi connectivity index (χ1v) is 5.29. The van der Waals surface area contributed by atoms with Crippen molar-refractivity contribution in [2.75, 3.05) is 6.61 Å². The summed E-state index contributed by atoms with van der Waals surface area (Å²) in [6.07, 6.45) is 0. The highest BCUT2D eigenvalue weighted by molar-refractivity contribution is 14.1. The van der Waals surface area contributed by atoms with Crippen LogP contribution >= 0.6 is 22.6 Å². The van der Waals surface area contributed by atoms with Crippen molar-refractivity contribution in [3.8, 4) is 0 Å². The molecule has 2 heteroatoms. The van der Waals surface area contributed by atoms with Crippen LogP contribution in [0.3, 0.4) is 0 Å². The van der Waals surface area contributed by atoms with Gasteiger partial charge in [-0.2, -0.15) is 0 Å². The van der Waals surface area contributed by atoms with Crippen molar-refractivity contribution in [2.24, 2.45) is 0 Å². The molecule has 0 spiro atoms. The number of hydrogen-bond donors (Lipinski definition) is 0. The van der Waals surface area contributed by atoms with Gasteiger partial charge in [-0.25, -0.2) is 0 Å². The lowest BCUT2D eigenvalue weighted by Gasteiger charge is -2.05. The zero-order valence-corrected chi connectivity index (χ0v) is 9.32. The zero-order valence-electron chi connectivity index (χ0n) is 7.16. The van der Waals surface area contributed by atoms with Crippen LogP contribution in [0.4, 0.5) is 0 Å². The van der Waals surface area contributed by atoms with Gasteiger partial charge in [0.15, 0.2) is 0 Å². The maximum atomic E-state index is 5.47. The van der Waals surface area contributed by atoms with Gasteiger partial charge in [0.2, 0.25) is 0 Å². The molecule has 1 unspecified atom stereocenters. The third kappa shape index (κ3) is 4.07. The minimum atomic E-state index is 0.589. The van der Waals surface area contributed by atoms with Crippen LogP contribution in [0.2, 0.25) is 0 Å². The summed E-state index contributed by atoms with van der Waals surface area (Å²) in [5, 5.41) is 0. The second-order valence-electron chi connectivity index (χ2n) is 2.78. The molecule has 1 rings (SSSR count). The van der Waals surface area contributed by atoms with Crippen molar-refractivity contribution in [3.63, 3.8) is 0 Å². The van der Waals surface area contributed by atoms with Crippen molar-refractivity contribution in [1.29, 1.82) is 0 Å². The van der Waals surface area contributed by atoms with E-state index in [9.17, 15) is 0 Å². The standard InChI is InChI=1S/C10H13IO/c1-9(11)7-12-8-10-5-3-2-4-6-10/h2-6,9H,7-8H2,1H3. The molecule has 66 valence electrons. The summed E-state index contributed by atoms with van der Waals surface area (Å²) in [6.45, 7) is 3.70. The second kappa shape index (κ2) is 5.54. The highest BCUT2D eigenvalue weighted by Crippen LogP contribution is 2.03. The van der Waals surface area contributed by atoms with E-state index in [1.165, 1.54) is 5.56 Å². The average Bonchev–Trinajstić information content (AvgIpc) is 2.05. The lowest BCUT2D eigenvalue weighted by molar-refractivity contribution is 0.127. The Kier molecular flexibility index (Phi) is 4.61. The molecule has 0 N–H and O–H groups in total. The Balaban J connectivity index is 2.25. The molecule has 0 radical (unpaired) electrons. The fraction of sp³-hybridized carbons (Fsp3) is 0.400. The number of hydrogen-bond acceptors (Lipinski definition) is 1. The van der Waals surface area contributed by atoms with E-state index >= 15 is 0 Å². The molecule has 0 fully saturated rings. The number of benzene rings is 1. The van der Waals surface area contributed by atoms with Crippen molar-refractivity contribution in [2.45, 2.75) is 17.5 Å². The summed E-state index contributed by atoms with van der Waals surface area (Å²) in [4.78, 5) is 0. The Morgan fingerprint density at radius 3 is 2.58 bits per heavy atom. The van der Waals surface area contributed by atoms with E-state index in [1.54, 1.807) is 0 Å². The van der Waals surface area contributed by atoms with Crippen LogP contribution in [0.15, 0.2) is 30.3 Å². The van der Waals surface area contributed by atoms with Crippen LogP contribution in [0, 0.1) is 0 Å². The molecule has 0 aromatic heterocycles. The summed E-state index contributed by atoms with van der Waals surface area (Å²) in [5.74, 6) is 0. The van der Waals surface area contributed by atoms with Crippen LogP contribution in [-0.4, -0.2) is 10.5 Å². The van der Waals surface area contributed by atoms with Gasteiger partial charge in [0, 0.05) is 3.92 Å². The van der Waals surface area contributed by atoms with Gasteiger partial charge in [0.25, 0.3) is 0 Å². The highest BCUT2D eigenvalue weighted by atomic mass is 127. The summed E-state index contributed by atoms with van der Waals surface area (Å²) in [7, 11) is 0. The molecule has 0 heterocycles. The third-order valence-corrected chi connectivity index (χ3v) is 1.82. The predicted octanol–water partition coefficient (Wildman–Crippen LogP) is 3.03. The SMILES string of the molecule is CC(I)COCc1ccccc1. The van der Waals surface area contributed by atoms with Crippen LogP contribution < -0.4 is 0 Å². The minimum Gasteiger partial charge on any atom is -0.376 e. The number of ether oxygens (including phenoxy) is 1. The second-order valence-corrected chi connectivity index (χ2v) is 4.91. The minimum absolute atomic E-state index is 0.589. The van der Waals surface area contributed by atoms with Gasteiger partial charge < -0.3 is 4.74 Å². The lowest BCUT2D eigenvalue weighted by Crippen LogP contribution is -2.03. The lowest BCUT2D eigenvalue weighted by atomic mass is 10.2. The highest BCUT2D eigenvalue weighted by Gasteiger charge is 1.95. The van der Waals surface area contributed by atoms with E-state index in [0.29, 0.717) is 3.92 Å². The van der Waals surface area contributed by atoms with Crippen molar-refractivity contribution < 1.29 is 4.74 Å². The van der Waals surface area contributed by atoms with E-state index in [1.807, 2.05) is 18.2 Å². The molecular formula is C10H13IO. The summed E-state index contributed by atoms with van der Waals surface area (Å²) >= 11 is 2.36. The molecule has 0 amide bonds. The molecule has 0 saturated heterocycles. The summed E-state index contributed by atoms with van der Waals surface area (Å²) in [6, 6.07) is 10.2. The first-order chi connectivity index (χ1) is 5.79. The number of alkyl halides is 1.